The molecule has 0 aromatic carbocycles. The zero-order chi connectivity index (χ0) is 11.0. The number of hydrogen-bond donors (Lipinski definition) is 0. The molecule has 0 saturated carbocycles. The minimum Gasteiger partial charge on any atom is -0.466 e. The van der Waals surface area contributed by atoms with E-state index in [-0.39, 0.29) is 18.4 Å². The molecule has 0 aliphatic rings. The smallest absolute Gasteiger partial charge is 0.309 e. The van der Waals surface area contributed by atoms with Gasteiger partial charge in [-0.3, -0.25) is 9.59 Å². The second-order valence-electron chi connectivity index (χ2n) is 3.08. The molecule has 1 unspecified atom stereocenters. The van der Waals surface area contributed by atoms with Crippen molar-refractivity contribution in [2.45, 2.75) is 33.6 Å². The van der Waals surface area contributed by atoms with Crippen LogP contribution in [-0.2, 0) is 19.1 Å². The van der Waals surface area contributed by atoms with Crippen LogP contribution in [0.4, 0.5) is 0 Å². The molecule has 0 rings (SSSR count). The lowest BCUT2D eigenvalue weighted by Gasteiger charge is -2.09. The van der Waals surface area contributed by atoms with Gasteiger partial charge in [0.1, 0.15) is 0 Å². The third kappa shape index (κ3) is 5.56. The van der Waals surface area contributed by atoms with Crippen LogP contribution < -0.4 is 0 Å². The van der Waals surface area contributed by atoms with Gasteiger partial charge in [-0.25, -0.2) is 0 Å². The molecule has 0 radical (unpaired) electrons. The van der Waals surface area contributed by atoms with E-state index in [0.717, 1.165) is 6.42 Å². The molecule has 0 bridgehead atoms. The maximum atomic E-state index is 11.2. The van der Waals surface area contributed by atoms with Crippen LogP contribution in [0, 0.1) is 5.92 Å². The van der Waals surface area contributed by atoms with Crippen molar-refractivity contribution in [1.29, 1.82) is 0 Å². The number of hydrogen-bond acceptors (Lipinski definition) is 4. The number of carbonyl (C=O) groups is 2. The predicted molar refractivity (Wildman–Crippen MR) is 51.7 cm³/mol. The van der Waals surface area contributed by atoms with E-state index in [1.807, 2.05) is 6.92 Å². The average molecular weight is 202 g/mol. The van der Waals surface area contributed by atoms with Crippen LogP contribution in [0.3, 0.4) is 0 Å². The molecular formula is C10H18O4. The summed E-state index contributed by atoms with van der Waals surface area (Å²) in [5.41, 5.74) is 0. The van der Waals surface area contributed by atoms with E-state index in [1.165, 1.54) is 0 Å². The summed E-state index contributed by atoms with van der Waals surface area (Å²) >= 11 is 0. The molecule has 0 aliphatic heterocycles. The van der Waals surface area contributed by atoms with Crippen LogP contribution in [0.2, 0.25) is 0 Å². The zero-order valence-electron chi connectivity index (χ0n) is 9.04. The first-order valence-corrected chi connectivity index (χ1v) is 4.94. The van der Waals surface area contributed by atoms with Gasteiger partial charge in [0.2, 0.25) is 0 Å². The Morgan fingerprint density at radius 1 is 1.21 bits per heavy atom. The molecule has 0 amide bonds. The Morgan fingerprint density at radius 3 is 2.36 bits per heavy atom. The van der Waals surface area contributed by atoms with Crippen molar-refractivity contribution < 1.29 is 19.1 Å². The third-order valence-electron chi connectivity index (χ3n) is 1.63. The average Bonchev–Trinajstić information content (AvgIpc) is 2.14. The molecule has 0 aliphatic carbocycles. The fourth-order valence-electron chi connectivity index (χ4n) is 0.898. The Balaban J connectivity index is 3.76. The molecule has 0 aromatic heterocycles. The predicted octanol–water partition coefficient (Wildman–Crippen LogP) is 1.53. The summed E-state index contributed by atoms with van der Waals surface area (Å²) in [4.78, 5) is 22.2. The quantitative estimate of drug-likeness (QED) is 0.613. The first-order chi connectivity index (χ1) is 6.61. The molecule has 4 heteroatoms. The monoisotopic (exact) mass is 202 g/mol. The molecule has 82 valence electrons. The van der Waals surface area contributed by atoms with E-state index in [4.69, 9.17) is 9.47 Å². The molecule has 1 atom stereocenters. The standard InChI is InChI=1S/C10H18O4/c1-4-6-14-10(12)8(3)7-9(11)13-5-2/h8H,4-7H2,1-3H3. The molecule has 0 N–H and O–H groups in total. The molecule has 0 saturated heterocycles. The summed E-state index contributed by atoms with van der Waals surface area (Å²) in [6.07, 6.45) is 0.883. The molecule has 0 spiro atoms. The minimum atomic E-state index is -0.416. The Bertz CT molecular complexity index is 189. The van der Waals surface area contributed by atoms with E-state index in [2.05, 4.69) is 0 Å². The highest BCUT2D eigenvalue weighted by Gasteiger charge is 2.18. The van der Waals surface area contributed by atoms with E-state index < -0.39 is 5.92 Å². The van der Waals surface area contributed by atoms with Gasteiger partial charge >= 0.3 is 11.9 Å². The normalized spacial score (nSPS) is 11.9. The molecular weight excluding hydrogens is 184 g/mol. The van der Waals surface area contributed by atoms with Crippen molar-refractivity contribution in [3.63, 3.8) is 0 Å². The molecule has 0 aromatic rings. The number of rotatable bonds is 6. The van der Waals surface area contributed by atoms with E-state index in [0.29, 0.717) is 13.2 Å². The van der Waals surface area contributed by atoms with Gasteiger partial charge in [-0.1, -0.05) is 13.8 Å². The third-order valence-corrected chi connectivity index (χ3v) is 1.63. The van der Waals surface area contributed by atoms with Gasteiger partial charge in [-0.15, -0.1) is 0 Å². The molecule has 0 fully saturated rings. The van der Waals surface area contributed by atoms with Crippen molar-refractivity contribution in [3.8, 4) is 0 Å². The number of carbonyl (C=O) groups excluding carboxylic acids is 2. The number of esters is 2. The topological polar surface area (TPSA) is 52.6 Å². The zero-order valence-corrected chi connectivity index (χ0v) is 9.04. The largest absolute Gasteiger partial charge is 0.466 e. The highest BCUT2D eigenvalue weighted by Crippen LogP contribution is 2.06. The van der Waals surface area contributed by atoms with Gasteiger partial charge < -0.3 is 9.47 Å². The number of ether oxygens (including phenoxy) is 2. The van der Waals surface area contributed by atoms with E-state index in [9.17, 15) is 9.59 Å². The van der Waals surface area contributed by atoms with Crippen molar-refractivity contribution in [2.75, 3.05) is 13.2 Å². The Hall–Kier alpha value is -1.06. The highest BCUT2D eigenvalue weighted by molar-refractivity contribution is 5.79. The Morgan fingerprint density at radius 2 is 1.86 bits per heavy atom. The Kier molecular flexibility index (Phi) is 6.80. The van der Waals surface area contributed by atoms with Crippen molar-refractivity contribution >= 4 is 11.9 Å². The summed E-state index contributed by atoms with van der Waals surface area (Å²) < 4.78 is 9.61. The summed E-state index contributed by atoms with van der Waals surface area (Å²) in [5.74, 6) is -1.10. The van der Waals surface area contributed by atoms with Crippen LogP contribution in [0.15, 0.2) is 0 Å². The first kappa shape index (κ1) is 12.9. The maximum Gasteiger partial charge on any atom is 0.309 e. The summed E-state index contributed by atoms with van der Waals surface area (Å²) in [6.45, 7) is 6.07. The first-order valence-electron chi connectivity index (χ1n) is 4.94. The fourth-order valence-corrected chi connectivity index (χ4v) is 0.898. The lowest BCUT2D eigenvalue weighted by Crippen LogP contribution is -2.19. The molecule has 0 heterocycles. The van der Waals surface area contributed by atoms with Gasteiger partial charge in [-0.05, 0) is 13.3 Å². The Labute approximate surface area is 84.6 Å². The van der Waals surface area contributed by atoms with Gasteiger partial charge in [0, 0.05) is 0 Å². The van der Waals surface area contributed by atoms with Crippen molar-refractivity contribution in [3.05, 3.63) is 0 Å². The minimum absolute atomic E-state index is 0.0936. The van der Waals surface area contributed by atoms with Crippen molar-refractivity contribution in [2.24, 2.45) is 5.92 Å². The summed E-state index contributed by atoms with van der Waals surface area (Å²) in [7, 11) is 0. The van der Waals surface area contributed by atoms with Crippen LogP contribution in [-0.4, -0.2) is 25.2 Å². The van der Waals surface area contributed by atoms with Crippen LogP contribution >= 0.6 is 0 Å². The van der Waals surface area contributed by atoms with E-state index >= 15 is 0 Å². The second-order valence-corrected chi connectivity index (χ2v) is 3.08. The summed E-state index contributed by atoms with van der Waals surface area (Å²) in [5, 5.41) is 0. The highest BCUT2D eigenvalue weighted by atomic mass is 16.5. The second kappa shape index (κ2) is 7.35. The van der Waals surface area contributed by atoms with E-state index in [1.54, 1.807) is 13.8 Å². The summed E-state index contributed by atoms with van der Waals surface area (Å²) in [6, 6.07) is 0. The fraction of sp³-hybridized carbons (Fsp3) is 0.800. The van der Waals surface area contributed by atoms with Crippen LogP contribution in [0.1, 0.15) is 33.6 Å². The van der Waals surface area contributed by atoms with Crippen molar-refractivity contribution in [1.82, 2.24) is 0 Å². The van der Waals surface area contributed by atoms with Gasteiger partial charge in [0.15, 0.2) is 0 Å². The maximum absolute atomic E-state index is 11.2. The lowest BCUT2D eigenvalue weighted by molar-refractivity contribution is -0.154. The SMILES string of the molecule is CCCOC(=O)C(C)CC(=O)OCC. The molecule has 14 heavy (non-hydrogen) atoms. The van der Waals surface area contributed by atoms with Gasteiger partial charge in [0.25, 0.3) is 0 Å². The van der Waals surface area contributed by atoms with Crippen LogP contribution in [0.5, 0.6) is 0 Å². The molecule has 4 nitrogen and oxygen atoms in total. The van der Waals surface area contributed by atoms with Gasteiger partial charge in [-0.2, -0.15) is 0 Å². The van der Waals surface area contributed by atoms with Gasteiger partial charge in [0.05, 0.1) is 25.6 Å². The lowest BCUT2D eigenvalue weighted by atomic mass is 10.1. The van der Waals surface area contributed by atoms with Crippen LogP contribution in [0.25, 0.3) is 0 Å².